The molecule has 0 spiro atoms. The van der Waals surface area contributed by atoms with Crippen LogP contribution in [-0.2, 0) is 17.8 Å². The summed E-state index contributed by atoms with van der Waals surface area (Å²) in [5.74, 6) is 0.560. The minimum atomic E-state index is 0.0179. The largest absolute Gasteiger partial charge is 0.381 e. The van der Waals surface area contributed by atoms with Crippen LogP contribution in [0.4, 0.5) is 0 Å². The number of aromatic nitrogens is 2. The molecule has 0 aromatic carbocycles. The van der Waals surface area contributed by atoms with Gasteiger partial charge >= 0.3 is 0 Å². The first-order valence-corrected chi connectivity index (χ1v) is 10.2. The molecule has 0 radical (unpaired) electrons. The van der Waals surface area contributed by atoms with Crippen molar-refractivity contribution >= 4 is 5.71 Å². The molecule has 6 nitrogen and oxygen atoms in total. The van der Waals surface area contributed by atoms with Gasteiger partial charge in [0, 0.05) is 62.7 Å². The van der Waals surface area contributed by atoms with Gasteiger partial charge < -0.3 is 20.0 Å². The number of allylic oxidation sites excluding steroid dienone is 1. The normalized spacial score (nSPS) is 15.1. The Hall–Kier alpha value is -2.57. The molecular weight excluding hydrogens is 364 g/mol. The second kappa shape index (κ2) is 10.3. The van der Waals surface area contributed by atoms with E-state index < -0.39 is 0 Å². The Morgan fingerprint density at radius 2 is 2.14 bits per heavy atom. The van der Waals surface area contributed by atoms with Gasteiger partial charge in [0.25, 0.3) is 0 Å². The maximum atomic E-state index is 13.1. The summed E-state index contributed by atoms with van der Waals surface area (Å²) in [6, 6.07) is 3.90. The lowest BCUT2D eigenvalue weighted by Crippen LogP contribution is -2.25. The number of nitrogens with zero attached hydrogens (tertiary/aromatic N) is 2. The highest BCUT2D eigenvalue weighted by Gasteiger charge is 2.16. The monoisotopic (exact) mass is 394 g/mol. The molecule has 0 bridgehead atoms. The molecule has 0 aliphatic carbocycles. The Bertz CT molecular complexity index is 909. The second-order valence-corrected chi connectivity index (χ2v) is 7.72. The van der Waals surface area contributed by atoms with Gasteiger partial charge in [-0.15, -0.1) is 0 Å². The molecule has 0 atom stereocenters. The third-order valence-corrected chi connectivity index (χ3v) is 5.10. The van der Waals surface area contributed by atoms with Crippen molar-refractivity contribution in [2.75, 3.05) is 19.8 Å². The van der Waals surface area contributed by atoms with Crippen molar-refractivity contribution in [1.82, 2.24) is 14.9 Å². The molecule has 1 aliphatic rings. The number of hydrogen-bond acceptors (Lipinski definition) is 5. The summed E-state index contributed by atoms with van der Waals surface area (Å²) < 4.78 is 7.62. The highest BCUT2D eigenvalue weighted by molar-refractivity contribution is 5.89. The van der Waals surface area contributed by atoms with E-state index in [2.05, 4.69) is 14.9 Å². The Labute approximate surface area is 172 Å². The number of hydrogen-bond donors (Lipinski definition) is 2. The summed E-state index contributed by atoms with van der Waals surface area (Å²) in [6.07, 6.45) is 11.5. The topological polar surface area (TPSA) is 80.0 Å². The Balaban J connectivity index is 1.85. The van der Waals surface area contributed by atoms with Crippen LogP contribution in [0.1, 0.15) is 30.9 Å². The minimum Gasteiger partial charge on any atom is -0.381 e. The Morgan fingerprint density at radius 3 is 2.83 bits per heavy atom. The molecule has 154 valence electrons. The van der Waals surface area contributed by atoms with Crippen molar-refractivity contribution in [3.05, 3.63) is 64.2 Å². The van der Waals surface area contributed by atoms with E-state index in [1.165, 1.54) is 0 Å². The lowest BCUT2D eigenvalue weighted by Gasteiger charge is -2.23. The molecule has 3 heterocycles. The van der Waals surface area contributed by atoms with Crippen LogP contribution >= 0.6 is 0 Å². The van der Waals surface area contributed by atoms with E-state index in [0.29, 0.717) is 36.0 Å². The number of nitrogens with one attached hydrogen (secondary N) is 2. The average molecular weight is 395 g/mol. The highest BCUT2D eigenvalue weighted by atomic mass is 16.5. The van der Waals surface area contributed by atoms with E-state index in [4.69, 9.17) is 10.1 Å². The van der Waals surface area contributed by atoms with Crippen LogP contribution in [0.25, 0.3) is 11.3 Å². The van der Waals surface area contributed by atoms with Gasteiger partial charge in [-0.05, 0) is 50.3 Å². The van der Waals surface area contributed by atoms with Crippen LogP contribution in [0.3, 0.4) is 0 Å². The van der Waals surface area contributed by atoms with Crippen molar-refractivity contribution in [3.8, 4) is 11.3 Å². The Morgan fingerprint density at radius 1 is 1.34 bits per heavy atom. The fraction of sp³-hybridized carbons (Fsp3) is 0.435. The molecular formula is C23H30N4O2. The summed E-state index contributed by atoms with van der Waals surface area (Å²) in [4.78, 5) is 17.6. The summed E-state index contributed by atoms with van der Waals surface area (Å²) in [5.41, 5.74) is 3.69. The lowest BCUT2D eigenvalue weighted by atomic mass is 10.00. The van der Waals surface area contributed by atoms with Crippen LogP contribution in [0, 0.1) is 18.3 Å². The first-order valence-electron chi connectivity index (χ1n) is 10.2. The van der Waals surface area contributed by atoms with Crippen molar-refractivity contribution in [3.63, 3.8) is 0 Å². The van der Waals surface area contributed by atoms with E-state index in [9.17, 15) is 4.79 Å². The van der Waals surface area contributed by atoms with E-state index in [1.807, 2.05) is 37.5 Å². The number of rotatable bonds is 8. The summed E-state index contributed by atoms with van der Waals surface area (Å²) in [5, 5.41) is 10.7. The quantitative estimate of drug-likeness (QED) is 0.532. The summed E-state index contributed by atoms with van der Waals surface area (Å²) in [6.45, 7) is 7.32. The van der Waals surface area contributed by atoms with Gasteiger partial charge in [-0.2, -0.15) is 0 Å². The van der Waals surface area contributed by atoms with Crippen molar-refractivity contribution in [2.24, 2.45) is 5.92 Å². The number of ether oxygens (including phenoxy) is 1. The standard InChI is InChI=1S/C23H30N4O2/c1-17-5-6-22(26-12-17)21-16-27(14-19-7-10-29-11-8-19)15-20(23(21)28)13-25-9-3-4-18(2)24/h3-6,12,15-16,19,24-25H,7-11,13-14H2,1-2H3/b4-3-,24-18?. The SMILES string of the molecule is CC(=N)/C=C\CNCc1cn(CC2CCOCC2)cc(-c2ccc(C)cn2)c1=O. The average Bonchev–Trinajstić information content (AvgIpc) is 2.71. The van der Waals surface area contributed by atoms with E-state index in [1.54, 1.807) is 19.2 Å². The molecule has 0 amide bonds. The van der Waals surface area contributed by atoms with Gasteiger partial charge in [-0.3, -0.25) is 9.78 Å². The van der Waals surface area contributed by atoms with Crippen LogP contribution in [0.2, 0.25) is 0 Å². The van der Waals surface area contributed by atoms with Gasteiger partial charge in [0.1, 0.15) is 0 Å². The van der Waals surface area contributed by atoms with Gasteiger partial charge in [-0.1, -0.05) is 12.1 Å². The molecule has 1 fully saturated rings. The molecule has 1 aliphatic heterocycles. The molecule has 2 aromatic heterocycles. The van der Waals surface area contributed by atoms with E-state index >= 15 is 0 Å². The maximum absolute atomic E-state index is 13.1. The molecule has 0 saturated carbocycles. The predicted molar refractivity (Wildman–Crippen MR) is 116 cm³/mol. The zero-order valence-electron chi connectivity index (χ0n) is 17.3. The third kappa shape index (κ3) is 6.21. The highest BCUT2D eigenvalue weighted by Crippen LogP contribution is 2.19. The predicted octanol–water partition coefficient (Wildman–Crippen LogP) is 3.33. The molecule has 1 saturated heterocycles. The molecule has 29 heavy (non-hydrogen) atoms. The lowest BCUT2D eigenvalue weighted by molar-refractivity contribution is 0.0612. The fourth-order valence-electron chi connectivity index (χ4n) is 3.49. The van der Waals surface area contributed by atoms with Gasteiger partial charge in [0.2, 0.25) is 0 Å². The first-order chi connectivity index (χ1) is 14.0. The van der Waals surface area contributed by atoms with Crippen molar-refractivity contribution in [2.45, 2.75) is 39.8 Å². The minimum absolute atomic E-state index is 0.0179. The Kier molecular flexibility index (Phi) is 7.49. The zero-order chi connectivity index (χ0) is 20.6. The van der Waals surface area contributed by atoms with Gasteiger partial charge in [0.05, 0.1) is 11.3 Å². The molecule has 2 aromatic rings. The number of aryl methyl sites for hydroxylation is 1. The second-order valence-electron chi connectivity index (χ2n) is 7.72. The number of pyridine rings is 2. The molecule has 0 unspecified atom stereocenters. The van der Waals surface area contributed by atoms with Crippen LogP contribution in [0.15, 0.2) is 47.7 Å². The van der Waals surface area contributed by atoms with Gasteiger partial charge in [-0.25, -0.2) is 0 Å². The third-order valence-electron chi connectivity index (χ3n) is 5.10. The maximum Gasteiger partial charge on any atom is 0.195 e. The summed E-state index contributed by atoms with van der Waals surface area (Å²) >= 11 is 0. The summed E-state index contributed by atoms with van der Waals surface area (Å²) in [7, 11) is 0. The van der Waals surface area contributed by atoms with Crippen LogP contribution < -0.4 is 10.7 Å². The van der Waals surface area contributed by atoms with Crippen molar-refractivity contribution in [1.29, 1.82) is 5.41 Å². The molecule has 3 rings (SSSR count). The smallest absolute Gasteiger partial charge is 0.195 e. The first kappa shape index (κ1) is 21.1. The molecule has 6 heteroatoms. The van der Waals surface area contributed by atoms with Gasteiger partial charge in [0.15, 0.2) is 5.43 Å². The van der Waals surface area contributed by atoms with E-state index in [0.717, 1.165) is 43.7 Å². The molecule has 2 N–H and O–H groups in total. The van der Waals surface area contributed by atoms with Crippen LogP contribution in [0.5, 0.6) is 0 Å². The van der Waals surface area contributed by atoms with E-state index in [-0.39, 0.29) is 5.43 Å². The fourth-order valence-corrected chi connectivity index (χ4v) is 3.49. The zero-order valence-corrected chi connectivity index (χ0v) is 17.3. The van der Waals surface area contributed by atoms with Crippen molar-refractivity contribution < 1.29 is 4.74 Å². The van der Waals surface area contributed by atoms with Crippen LogP contribution in [-0.4, -0.2) is 35.0 Å².